The van der Waals surface area contributed by atoms with Gasteiger partial charge in [0.15, 0.2) is 21.5 Å². The van der Waals surface area contributed by atoms with Crippen molar-refractivity contribution < 1.29 is 17.2 Å². The van der Waals surface area contributed by atoms with Crippen LogP contribution in [-0.4, -0.2) is 26.8 Å². The van der Waals surface area contributed by atoms with Crippen molar-refractivity contribution in [3.63, 3.8) is 0 Å². The highest BCUT2D eigenvalue weighted by molar-refractivity contribution is 7.91. The summed E-state index contributed by atoms with van der Waals surface area (Å²) in [5.41, 5.74) is 0. The van der Waals surface area contributed by atoms with Gasteiger partial charge in [0.25, 0.3) is 0 Å². The minimum absolute atomic E-state index is 0.0447. The third-order valence-electron chi connectivity index (χ3n) is 3.10. The first-order chi connectivity index (χ1) is 9.36. The molecule has 20 heavy (non-hydrogen) atoms. The van der Waals surface area contributed by atoms with Crippen LogP contribution < -0.4 is 5.32 Å². The van der Waals surface area contributed by atoms with E-state index >= 15 is 0 Å². The van der Waals surface area contributed by atoms with E-state index in [1.54, 1.807) is 0 Å². The van der Waals surface area contributed by atoms with E-state index in [4.69, 9.17) is 0 Å². The first kappa shape index (κ1) is 17.0. The van der Waals surface area contributed by atoms with Crippen LogP contribution in [0.3, 0.4) is 0 Å². The Morgan fingerprint density at radius 2 is 1.90 bits per heavy atom. The zero-order valence-corrected chi connectivity index (χ0v) is 12.6. The first-order valence-corrected chi connectivity index (χ1v) is 8.43. The van der Waals surface area contributed by atoms with Crippen LogP contribution in [0.25, 0.3) is 0 Å². The van der Waals surface area contributed by atoms with Gasteiger partial charge in [-0.05, 0) is 44.5 Å². The summed E-state index contributed by atoms with van der Waals surface area (Å²) in [5, 5.41) is 3.25. The predicted molar refractivity (Wildman–Crippen MR) is 75.4 cm³/mol. The number of unbranched alkanes of at least 4 members (excludes halogenated alkanes) is 1. The van der Waals surface area contributed by atoms with Gasteiger partial charge in [0.05, 0.1) is 10.6 Å². The summed E-state index contributed by atoms with van der Waals surface area (Å²) in [5.74, 6) is -2.22. The summed E-state index contributed by atoms with van der Waals surface area (Å²) in [7, 11) is -3.54. The van der Waals surface area contributed by atoms with Crippen molar-refractivity contribution in [3.05, 3.63) is 29.8 Å². The van der Waals surface area contributed by atoms with E-state index in [1.165, 1.54) is 0 Å². The van der Waals surface area contributed by atoms with Crippen LogP contribution in [0.4, 0.5) is 8.78 Å². The highest BCUT2D eigenvalue weighted by atomic mass is 32.2. The van der Waals surface area contributed by atoms with Crippen molar-refractivity contribution in [1.82, 2.24) is 5.32 Å². The standard InChI is InChI=1S/C14H21F2NO2S/c1-3-17-11(2)6-4-5-9-20(18,19)12-7-8-13(15)14(16)10-12/h7-8,10-11,17H,3-6,9H2,1-2H3. The van der Waals surface area contributed by atoms with Gasteiger partial charge in [0, 0.05) is 6.04 Å². The van der Waals surface area contributed by atoms with Crippen LogP contribution in [0.1, 0.15) is 33.1 Å². The first-order valence-electron chi connectivity index (χ1n) is 6.78. The van der Waals surface area contributed by atoms with Gasteiger partial charge in [-0.3, -0.25) is 0 Å². The van der Waals surface area contributed by atoms with Crippen LogP contribution in [-0.2, 0) is 9.84 Å². The molecule has 0 spiro atoms. The van der Waals surface area contributed by atoms with E-state index in [0.717, 1.165) is 37.6 Å². The molecule has 0 aliphatic heterocycles. The van der Waals surface area contributed by atoms with Crippen LogP contribution in [0.2, 0.25) is 0 Å². The Kier molecular flexibility index (Phi) is 6.55. The lowest BCUT2D eigenvalue weighted by molar-refractivity contribution is 0.502. The summed E-state index contributed by atoms with van der Waals surface area (Å²) in [6, 6.07) is 3.04. The van der Waals surface area contributed by atoms with Crippen LogP contribution in [0.5, 0.6) is 0 Å². The number of sulfone groups is 1. The minimum Gasteiger partial charge on any atom is -0.315 e. The maximum Gasteiger partial charge on any atom is 0.178 e. The van der Waals surface area contributed by atoms with Crippen molar-refractivity contribution in [2.75, 3.05) is 12.3 Å². The average Bonchev–Trinajstić information content (AvgIpc) is 2.38. The Morgan fingerprint density at radius 3 is 2.50 bits per heavy atom. The monoisotopic (exact) mass is 305 g/mol. The van der Waals surface area contributed by atoms with E-state index in [1.807, 2.05) is 13.8 Å². The zero-order chi connectivity index (χ0) is 15.2. The fourth-order valence-electron chi connectivity index (χ4n) is 1.98. The highest BCUT2D eigenvalue weighted by Gasteiger charge is 2.16. The minimum atomic E-state index is -3.54. The van der Waals surface area contributed by atoms with E-state index in [9.17, 15) is 17.2 Å². The molecule has 0 bridgehead atoms. The quantitative estimate of drug-likeness (QED) is 0.593. The van der Waals surface area contributed by atoms with Gasteiger partial charge in [-0.15, -0.1) is 0 Å². The Morgan fingerprint density at radius 1 is 1.20 bits per heavy atom. The maximum atomic E-state index is 13.0. The molecule has 0 heterocycles. The van der Waals surface area contributed by atoms with Crippen molar-refractivity contribution in [2.45, 2.75) is 44.0 Å². The molecule has 0 amide bonds. The molecule has 3 nitrogen and oxygen atoms in total. The topological polar surface area (TPSA) is 46.2 Å². The zero-order valence-electron chi connectivity index (χ0n) is 11.8. The molecule has 0 saturated carbocycles. The highest BCUT2D eigenvalue weighted by Crippen LogP contribution is 2.16. The molecule has 0 radical (unpaired) electrons. The average molecular weight is 305 g/mol. The van der Waals surface area contributed by atoms with Crippen LogP contribution >= 0.6 is 0 Å². The summed E-state index contributed by atoms with van der Waals surface area (Å²) >= 11 is 0. The van der Waals surface area contributed by atoms with Gasteiger partial charge in [0.2, 0.25) is 0 Å². The Balaban J connectivity index is 2.51. The number of halogens is 2. The largest absolute Gasteiger partial charge is 0.315 e. The molecular formula is C14H21F2NO2S. The Labute approximate surface area is 119 Å². The van der Waals surface area contributed by atoms with Gasteiger partial charge < -0.3 is 5.32 Å². The lowest BCUT2D eigenvalue weighted by Crippen LogP contribution is -2.25. The molecule has 0 aliphatic carbocycles. The molecule has 0 saturated heterocycles. The molecule has 1 rings (SSSR count). The van der Waals surface area contributed by atoms with Crippen LogP contribution in [0.15, 0.2) is 23.1 Å². The molecule has 1 N–H and O–H groups in total. The smallest absolute Gasteiger partial charge is 0.178 e. The summed E-state index contributed by atoms with van der Waals surface area (Å²) < 4.78 is 49.7. The van der Waals surface area contributed by atoms with E-state index in [0.29, 0.717) is 12.5 Å². The van der Waals surface area contributed by atoms with Gasteiger partial charge in [-0.2, -0.15) is 0 Å². The fourth-order valence-corrected chi connectivity index (χ4v) is 3.36. The van der Waals surface area contributed by atoms with E-state index in [2.05, 4.69) is 5.32 Å². The summed E-state index contributed by atoms with van der Waals surface area (Å²) in [4.78, 5) is -0.156. The second-order valence-corrected chi connectivity index (χ2v) is 6.96. The number of hydrogen-bond donors (Lipinski definition) is 1. The summed E-state index contributed by atoms with van der Waals surface area (Å²) in [6.07, 6.45) is 2.18. The molecule has 0 aliphatic rings. The van der Waals surface area contributed by atoms with Gasteiger partial charge >= 0.3 is 0 Å². The second kappa shape index (κ2) is 7.69. The molecule has 1 unspecified atom stereocenters. The van der Waals surface area contributed by atoms with Crippen molar-refractivity contribution in [1.29, 1.82) is 0 Å². The third-order valence-corrected chi connectivity index (χ3v) is 4.90. The maximum absolute atomic E-state index is 13.0. The molecule has 1 aromatic carbocycles. The van der Waals surface area contributed by atoms with Gasteiger partial charge in [-0.25, -0.2) is 17.2 Å². The summed E-state index contributed by atoms with van der Waals surface area (Å²) in [6.45, 7) is 4.95. The molecule has 0 aromatic heterocycles. The third kappa shape index (κ3) is 5.17. The van der Waals surface area contributed by atoms with Crippen molar-refractivity contribution in [2.24, 2.45) is 0 Å². The SMILES string of the molecule is CCNC(C)CCCCS(=O)(=O)c1ccc(F)c(F)c1. The molecule has 0 fully saturated rings. The van der Waals surface area contributed by atoms with Gasteiger partial charge in [-0.1, -0.05) is 13.3 Å². The van der Waals surface area contributed by atoms with E-state index < -0.39 is 21.5 Å². The number of benzene rings is 1. The normalized spacial score (nSPS) is 13.4. The van der Waals surface area contributed by atoms with Gasteiger partial charge in [0.1, 0.15) is 0 Å². The lowest BCUT2D eigenvalue weighted by Gasteiger charge is -2.11. The molecule has 1 aromatic rings. The molecule has 1 atom stereocenters. The van der Waals surface area contributed by atoms with Crippen molar-refractivity contribution >= 4 is 9.84 Å². The number of rotatable bonds is 8. The second-order valence-electron chi connectivity index (χ2n) is 4.85. The van der Waals surface area contributed by atoms with E-state index in [-0.39, 0.29) is 10.6 Å². The molecule has 6 heteroatoms. The number of hydrogen-bond acceptors (Lipinski definition) is 3. The predicted octanol–water partition coefficient (Wildman–Crippen LogP) is 2.91. The fraction of sp³-hybridized carbons (Fsp3) is 0.571. The lowest BCUT2D eigenvalue weighted by atomic mass is 10.1. The van der Waals surface area contributed by atoms with Crippen LogP contribution in [0, 0.1) is 11.6 Å². The Bertz CT molecular complexity index is 532. The molecule has 114 valence electrons. The molecular weight excluding hydrogens is 284 g/mol. The number of nitrogens with one attached hydrogen (secondary N) is 1. The van der Waals surface area contributed by atoms with Crippen molar-refractivity contribution in [3.8, 4) is 0 Å². The Hall–Kier alpha value is -1.01.